The average molecular weight is 212 g/mol. The van der Waals surface area contributed by atoms with Gasteiger partial charge in [0.25, 0.3) is 0 Å². The summed E-state index contributed by atoms with van der Waals surface area (Å²) in [6.45, 7) is 12.9. The van der Waals surface area contributed by atoms with Crippen LogP contribution in [0.2, 0.25) is 6.32 Å². The molecule has 0 amide bonds. The highest BCUT2D eigenvalue weighted by atomic mass is 16.7. The van der Waals surface area contributed by atoms with Crippen molar-refractivity contribution >= 4 is 7.12 Å². The number of hydrogen-bond donors (Lipinski definition) is 0. The first-order valence-electron chi connectivity index (χ1n) is 6.14. The van der Waals surface area contributed by atoms with Crippen LogP contribution in [0.5, 0.6) is 0 Å². The minimum absolute atomic E-state index is 0.0102. The van der Waals surface area contributed by atoms with Crippen molar-refractivity contribution < 1.29 is 9.31 Å². The van der Waals surface area contributed by atoms with E-state index in [1.807, 2.05) is 0 Å². The summed E-state index contributed by atoms with van der Waals surface area (Å²) < 4.78 is 11.9. The molecule has 0 spiro atoms. The van der Waals surface area contributed by atoms with Crippen molar-refractivity contribution in [3.05, 3.63) is 0 Å². The molecule has 2 nitrogen and oxygen atoms in total. The van der Waals surface area contributed by atoms with Gasteiger partial charge in [0.15, 0.2) is 0 Å². The van der Waals surface area contributed by atoms with Crippen LogP contribution in [-0.4, -0.2) is 18.3 Å². The van der Waals surface area contributed by atoms with Crippen LogP contribution in [0.3, 0.4) is 0 Å². The van der Waals surface area contributed by atoms with Crippen molar-refractivity contribution in [1.29, 1.82) is 0 Å². The summed E-state index contributed by atoms with van der Waals surface area (Å²) >= 11 is 0. The predicted molar refractivity (Wildman–Crippen MR) is 65.0 cm³/mol. The number of rotatable bonds is 4. The molecule has 1 rings (SSSR count). The van der Waals surface area contributed by atoms with E-state index in [4.69, 9.17) is 9.31 Å². The molecule has 1 aliphatic rings. The van der Waals surface area contributed by atoms with E-state index in [9.17, 15) is 0 Å². The fraction of sp³-hybridized carbons (Fsp3) is 1.00. The van der Waals surface area contributed by atoms with Gasteiger partial charge in [-0.1, -0.05) is 26.7 Å². The van der Waals surface area contributed by atoms with Crippen LogP contribution in [0.4, 0.5) is 0 Å². The van der Waals surface area contributed by atoms with Gasteiger partial charge in [0.2, 0.25) is 0 Å². The standard InChI is InChI=1S/C12H25BO2/c1-7-10(2)8-9-13-14-11(3,4)12(5,6)15-13/h10H,7-9H2,1-6H3/t10-/m1/s1. The Hall–Kier alpha value is -0.0151. The molecule has 1 atom stereocenters. The van der Waals surface area contributed by atoms with Gasteiger partial charge in [-0.15, -0.1) is 0 Å². The molecule has 1 fully saturated rings. The molecular formula is C12H25BO2. The largest absolute Gasteiger partial charge is 0.457 e. The lowest BCUT2D eigenvalue weighted by atomic mass is 9.80. The Morgan fingerprint density at radius 3 is 1.93 bits per heavy atom. The maximum Gasteiger partial charge on any atom is 0.457 e. The highest BCUT2D eigenvalue weighted by molar-refractivity contribution is 6.45. The van der Waals surface area contributed by atoms with E-state index < -0.39 is 0 Å². The lowest BCUT2D eigenvalue weighted by molar-refractivity contribution is 0.00578. The Bertz CT molecular complexity index is 198. The first-order chi connectivity index (χ1) is 6.78. The van der Waals surface area contributed by atoms with Crippen molar-refractivity contribution in [3.8, 4) is 0 Å². The molecule has 0 aromatic heterocycles. The molecule has 1 aliphatic heterocycles. The average Bonchev–Trinajstić information content (AvgIpc) is 2.31. The van der Waals surface area contributed by atoms with Gasteiger partial charge in [-0.05, 0) is 39.9 Å². The van der Waals surface area contributed by atoms with Gasteiger partial charge < -0.3 is 9.31 Å². The zero-order chi connectivity index (χ0) is 11.7. The quantitative estimate of drug-likeness (QED) is 0.664. The van der Waals surface area contributed by atoms with Crippen molar-refractivity contribution in [2.24, 2.45) is 5.92 Å². The molecule has 1 saturated heterocycles. The third kappa shape index (κ3) is 2.98. The second-order valence-electron chi connectivity index (χ2n) is 5.78. The summed E-state index contributed by atoms with van der Waals surface area (Å²) in [6.07, 6.45) is 3.44. The molecule has 0 aliphatic carbocycles. The first-order valence-corrected chi connectivity index (χ1v) is 6.14. The Kier molecular flexibility index (Phi) is 3.88. The van der Waals surface area contributed by atoms with Crippen molar-refractivity contribution in [2.75, 3.05) is 0 Å². The summed E-state index contributed by atoms with van der Waals surface area (Å²) in [5.74, 6) is 0.768. The van der Waals surface area contributed by atoms with Gasteiger partial charge in [0.1, 0.15) is 0 Å². The summed E-state index contributed by atoms with van der Waals surface area (Å²) in [5.41, 5.74) is -0.347. The van der Waals surface area contributed by atoms with E-state index in [1.54, 1.807) is 0 Å². The van der Waals surface area contributed by atoms with E-state index in [-0.39, 0.29) is 18.3 Å². The Morgan fingerprint density at radius 1 is 1.07 bits per heavy atom. The van der Waals surface area contributed by atoms with Gasteiger partial charge in [-0.2, -0.15) is 0 Å². The van der Waals surface area contributed by atoms with Crippen LogP contribution in [0.25, 0.3) is 0 Å². The summed E-state index contributed by atoms with van der Waals surface area (Å²) in [7, 11) is -0.0102. The molecule has 0 saturated carbocycles. The Labute approximate surface area is 94.9 Å². The summed E-state index contributed by atoms with van der Waals surface area (Å²) in [6, 6.07) is 0. The highest BCUT2D eigenvalue weighted by Crippen LogP contribution is 2.38. The predicted octanol–water partition coefficient (Wildman–Crippen LogP) is 3.51. The van der Waals surface area contributed by atoms with E-state index in [0.29, 0.717) is 0 Å². The smallest absolute Gasteiger partial charge is 0.403 e. The highest BCUT2D eigenvalue weighted by Gasteiger charge is 2.50. The van der Waals surface area contributed by atoms with Gasteiger partial charge in [-0.3, -0.25) is 0 Å². The fourth-order valence-electron chi connectivity index (χ4n) is 1.71. The lowest BCUT2D eigenvalue weighted by Gasteiger charge is -2.32. The molecule has 15 heavy (non-hydrogen) atoms. The molecular weight excluding hydrogens is 187 g/mol. The molecule has 0 bridgehead atoms. The molecule has 0 aromatic carbocycles. The van der Waals surface area contributed by atoms with Gasteiger partial charge in [0.05, 0.1) is 11.2 Å². The maximum absolute atomic E-state index is 5.94. The van der Waals surface area contributed by atoms with Gasteiger partial charge in [-0.25, -0.2) is 0 Å². The summed E-state index contributed by atoms with van der Waals surface area (Å²) in [5, 5.41) is 0. The fourth-order valence-corrected chi connectivity index (χ4v) is 1.71. The molecule has 0 N–H and O–H groups in total. The zero-order valence-corrected chi connectivity index (χ0v) is 11.1. The Balaban J connectivity index is 2.42. The minimum Gasteiger partial charge on any atom is -0.403 e. The van der Waals surface area contributed by atoms with Gasteiger partial charge >= 0.3 is 7.12 Å². The van der Waals surface area contributed by atoms with Crippen LogP contribution in [0.15, 0.2) is 0 Å². The van der Waals surface area contributed by atoms with Crippen LogP contribution in [0.1, 0.15) is 54.4 Å². The Morgan fingerprint density at radius 2 is 1.53 bits per heavy atom. The van der Waals surface area contributed by atoms with E-state index in [2.05, 4.69) is 41.5 Å². The first kappa shape index (κ1) is 13.1. The SMILES string of the molecule is CC[C@@H](C)CCB1OC(C)(C)C(C)(C)O1. The van der Waals surface area contributed by atoms with Crippen LogP contribution in [0, 0.1) is 5.92 Å². The van der Waals surface area contributed by atoms with Crippen molar-refractivity contribution in [2.45, 2.75) is 71.9 Å². The monoisotopic (exact) mass is 212 g/mol. The second-order valence-corrected chi connectivity index (χ2v) is 5.78. The van der Waals surface area contributed by atoms with Crippen LogP contribution in [-0.2, 0) is 9.31 Å². The van der Waals surface area contributed by atoms with Crippen molar-refractivity contribution in [3.63, 3.8) is 0 Å². The third-order valence-corrected chi connectivity index (χ3v) is 3.89. The molecule has 0 radical (unpaired) electrons. The second kappa shape index (κ2) is 4.46. The third-order valence-electron chi connectivity index (χ3n) is 3.89. The van der Waals surface area contributed by atoms with E-state index in [1.165, 1.54) is 12.8 Å². The topological polar surface area (TPSA) is 18.5 Å². The molecule has 1 heterocycles. The molecule has 88 valence electrons. The van der Waals surface area contributed by atoms with Gasteiger partial charge in [0, 0.05) is 0 Å². The zero-order valence-electron chi connectivity index (χ0n) is 11.1. The van der Waals surface area contributed by atoms with Crippen LogP contribution < -0.4 is 0 Å². The van der Waals surface area contributed by atoms with E-state index in [0.717, 1.165) is 12.2 Å². The van der Waals surface area contributed by atoms with Crippen LogP contribution >= 0.6 is 0 Å². The molecule has 0 unspecified atom stereocenters. The summed E-state index contributed by atoms with van der Waals surface area (Å²) in [4.78, 5) is 0. The lowest BCUT2D eigenvalue weighted by Crippen LogP contribution is -2.41. The van der Waals surface area contributed by atoms with E-state index >= 15 is 0 Å². The minimum atomic E-state index is -0.173. The number of hydrogen-bond acceptors (Lipinski definition) is 2. The van der Waals surface area contributed by atoms with Crippen molar-refractivity contribution in [1.82, 2.24) is 0 Å². The normalized spacial score (nSPS) is 25.6. The molecule has 3 heteroatoms. The molecule has 0 aromatic rings. The maximum atomic E-state index is 5.94.